The monoisotopic (exact) mass is 229 g/mol. The largest absolute Gasteiger partial charge is 0.313 e. The van der Waals surface area contributed by atoms with E-state index in [1.165, 1.54) is 0 Å². The smallest absolute Gasteiger partial charge is 0.296 e. The van der Waals surface area contributed by atoms with Crippen molar-refractivity contribution in [3.63, 3.8) is 0 Å². The van der Waals surface area contributed by atoms with Crippen molar-refractivity contribution in [2.24, 2.45) is 5.14 Å². The van der Waals surface area contributed by atoms with Gasteiger partial charge in [-0.25, -0.2) is 5.14 Å². The molecule has 0 amide bonds. The molecular weight excluding hydrogens is 214 g/mol. The summed E-state index contributed by atoms with van der Waals surface area (Å²) in [4.78, 5) is 0. The molecule has 0 radical (unpaired) electrons. The van der Waals surface area contributed by atoms with E-state index in [1.807, 2.05) is 19.1 Å². The van der Waals surface area contributed by atoms with Gasteiger partial charge in [-0.05, 0) is 25.6 Å². The van der Waals surface area contributed by atoms with Gasteiger partial charge in [0.2, 0.25) is 0 Å². The van der Waals surface area contributed by atoms with E-state index >= 15 is 0 Å². The Morgan fingerprint density at radius 3 is 2.47 bits per heavy atom. The Bertz CT molecular complexity index is 431. The third kappa shape index (κ3) is 3.50. The van der Waals surface area contributed by atoms with Crippen molar-refractivity contribution in [3.8, 4) is 0 Å². The van der Waals surface area contributed by atoms with Crippen molar-refractivity contribution >= 4 is 15.9 Å². The summed E-state index contributed by atoms with van der Waals surface area (Å²) in [5, 5.41) is 7.95. The van der Waals surface area contributed by atoms with Crippen LogP contribution in [0.25, 0.3) is 0 Å². The topological polar surface area (TPSA) is 84.2 Å². The molecule has 1 aromatic rings. The summed E-state index contributed by atoms with van der Waals surface area (Å²) >= 11 is 0. The summed E-state index contributed by atoms with van der Waals surface area (Å²) in [5.41, 5.74) is 1.36. The molecule has 0 aliphatic heterocycles. The predicted molar refractivity (Wildman–Crippen MR) is 60.6 cm³/mol. The summed E-state index contributed by atoms with van der Waals surface area (Å²) in [6.07, 6.45) is 0. The van der Waals surface area contributed by atoms with Crippen molar-refractivity contribution in [1.82, 2.24) is 5.32 Å². The molecule has 5 nitrogen and oxygen atoms in total. The van der Waals surface area contributed by atoms with Gasteiger partial charge in [-0.15, -0.1) is 0 Å². The van der Waals surface area contributed by atoms with Crippen molar-refractivity contribution in [3.05, 3.63) is 29.8 Å². The molecule has 4 N–H and O–H groups in total. The van der Waals surface area contributed by atoms with Gasteiger partial charge in [0.15, 0.2) is 0 Å². The average Bonchev–Trinajstić information content (AvgIpc) is 2.15. The average molecular weight is 229 g/mol. The van der Waals surface area contributed by atoms with Gasteiger partial charge in [-0.3, -0.25) is 4.72 Å². The van der Waals surface area contributed by atoms with E-state index < -0.39 is 10.2 Å². The maximum Gasteiger partial charge on any atom is 0.296 e. The first-order valence-corrected chi connectivity index (χ1v) is 6.05. The van der Waals surface area contributed by atoms with Crippen molar-refractivity contribution in [2.45, 2.75) is 13.0 Å². The fraction of sp³-hybridized carbons (Fsp3) is 0.333. The van der Waals surface area contributed by atoms with Gasteiger partial charge in [0.05, 0.1) is 5.69 Å². The lowest BCUT2D eigenvalue weighted by atomic mass is 10.1. The second kappa shape index (κ2) is 4.61. The van der Waals surface area contributed by atoms with Crippen molar-refractivity contribution in [2.75, 3.05) is 11.8 Å². The quantitative estimate of drug-likeness (QED) is 0.706. The summed E-state index contributed by atoms with van der Waals surface area (Å²) in [6, 6.07) is 7.16. The number of anilines is 1. The Morgan fingerprint density at radius 1 is 1.33 bits per heavy atom. The zero-order valence-electron chi connectivity index (χ0n) is 8.69. The number of rotatable bonds is 4. The highest BCUT2D eigenvalue weighted by molar-refractivity contribution is 7.90. The zero-order chi connectivity index (χ0) is 11.5. The third-order valence-electron chi connectivity index (χ3n) is 2.11. The maximum atomic E-state index is 10.9. The van der Waals surface area contributed by atoms with E-state index in [0.29, 0.717) is 5.69 Å². The normalized spacial score (nSPS) is 13.5. The number of para-hydroxylation sites is 1. The minimum Gasteiger partial charge on any atom is -0.313 e. The van der Waals surface area contributed by atoms with E-state index in [-0.39, 0.29) is 6.04 Å². The minimum absolute atomic E-state index is 0.0513. The standard InChI is InChI=1S/C9H15N3O2S/c1-7(11-2)8-5-3-4-6-9(8)12-15(10,13)14/h3-7,11-12H,1-2H3,(H2,10,13,14). The molecule has 15 heavy (non-hydrogen) atoms. The van der Waals surface area contributed by atoms with Crippen LogP contribution < -0.4 is 15.2 Å². The van der Waals surface area contributed by atoms with E-state index in [9.17, 15) is 8.42 Å². The van der Waals surface area contributed by atoms with Crippen LogP contribution in [0.1, 0.15) is 18.5 Å². The molecule has 0 fully saturated rings. The van der Waals surface area contributed by atoms with Crippen LogP contribution in [0.5, 0.6) is 0 Å². The van der Waals surface area contributed by atoms with Gasteiger partial charge >= 0.3 is 0 Å². The van der Waals surface area contributed by atoms with Gasteiger partial charge in [0, 0.05) is 6.04 Å². The number of benzene rings is 1. The Balaban J connectivity index is 3.07. The first-order valence-electron chi connectivity index (χ1n) is 4.51. The molecule has 84 valence electrons. The SMILES string of the molecule is CNC(C)c1ccccc1NS(N)(=O)=O. The third-order valence-corrected chi connectivity index (χ3v) is 2.62. The molecule has 0 aliphatic rings. The van der Waals surface area contributed by atoms with E-state index in [4.69, 9.17) is 5.14 Å². The lowest BCUT2D eigenvalue weighted by molar-refractivity contribution is 0.602. The summed E-state index contributed by atoms with van der Waals surface area (Å²) in [7, 11) is -1.92. The van der Waals surface area contributed by atoms with Crippen molar-refractivity contribution in [1.29, 1.82) is 0 Å². The highest BCUT2D eigenvalue weighted by atomic mass is 32.2. The Morgan fingerprint density at radius 2 is 1.93 bits per heavy atom. The molecule has 1 aromatic carbocycles. The number of hydrogen-bond acceptors (Lipinski definition) is 3. The van der Waals surface area contributed by atoms with Crippen LogP contribution in [0, 0.1) is 0 Å². The maximum absolute atomic E-state index is 10.9. The molecule has 0 saturated carbocycles. The van der Waals surface area contributed by atoms with E-state index in [0.717, 1.165) is 5.56 Å². The van der Waals surface area contributed by atoms with Gasteiger partial charge in [0.1, 0.15) is 0 Å². The van der Waals surface area contributed by atoms with Crippen LogP contribution in [-0.4, -0.2) is 15.5 Å². The number of nitrogens with two attached hydrogens (primary N) is 1. The number of nitrogens with one attached hydrogen (secondary N) is 2. The van der Waals surface area contributed by atoms with Crippen LogP contribution in [-0.2, 0) is 10.2 Å². The lowest BCUT2D eigenvalue weighted by Crippen LogP contribution is -2.23. The Hall–Kier alpha value is -1.11. The van der Waals surface area contributed by atoms with Gasteiger partial charge in [0.25, 0.3) is 10.2 Å². The second-order valence-corrected chi connectivity index (χ2v) is 4.54. The van der Waals surface area contributed by atoms with Crippen LogP contribution in [0.2, 0.25) is 0 Å². The van der Waals surface area contributed by atoms with Crippen LogP contribution in [0.3, 0.4) is 0 Å². The summed E-state index contributed by atoms with van der Waals surface area (Å²) in [6.45, 7) is 1.93. The van der Waals surface area contributed by atoms with Gasteiger partial charge < -0.3 is 5.32 Å². The fourth-order valence-electron chi connectivity index (χ4n) is 1.28. The molecule has 6 heteroatoms. The van der Waals surface area contributed by atoms with Crippen LogP contribution in [0.15, 0.2) is 24.3 Å². The van der Waals surface area contributed by atoms with E-state index in [1.54, 1.807) is 19.2 Å². The first kappa shape index (κ1) is 12.0. The highest BCUT2D eigenvalue weighted by Gasteiger charge is 2.10. The molecule has 0 heterocycles. The van der Waals surface area contributed by atoms with Gasteiger partial charge in [-0.1, -0.05) is 18.2 Å². The molecule has 0 aromatic heterocycles. The highest BCUT2D eigenvalue weighted by Crippen LogP contribution is 2.22. The van der Waals surface area contributed by atoms with E-state index in [2.05, 4.69) is 10.0 Å². The fourth-order valence-corrected chi connectivity index (χ4v) is 1.77. The molecule has 0 aliphatic carbocycles. The molecule has 0 saturated heterocycles. The number of hydrogen-bond donors (Lipinski definition) is 3. The van der Waals surface area contributed by atoms with Gasteiger partial charge in [-0.2, -0.15) is 8.42 Å². The molecule has 0 bridgehead atoms. The predicted octanol–water partition coefficient (Wildman–Crippen LogP) is 0.582. The Labute approximate surface area is 89.9 Å². The zero-order valence-corrected chi connectivity index (χ0v) is 9.51. The molecule has 0 spiro atoms. The molecular formula is C9H15N3O2S. The lowest BCUT2D eigenvalue weighted by Gasteiger charge is -2.15. The molecule has 1 unspecified atom stereocenters. The Kier molecular flexibility index (Phi) is 3.67. The minimum atomic E-state index is -3.72. The second-order valence-electron chi connectivity index (χ2n) is 3.24. The first-order chi connectivity index (χ1) is 6.94. The molecule has 1 atom stereocenters. The summed E-state index contributed by atoms with van der Waals surface area (Å²) in [5.74, 6) is 0. The molecule has 1 rings (SSSR count). The van der Waals surface area contributed by atoms with Crippen molar-refractivity contribution < 1.29 is 8.42 Å². The van der Waals surface area contributed by atoms with Crippen LogP contribution in [0.4, 0.5) is 5.69 Å². The van der Waals surface area contributed by atoms with Crippen LogP contribution >= 0.6 is 0 Å². The summed E-state index contributed by atoms with van der Waals surface area (Å²) < 4.78 is 24.1.